The van der Waals surface area contributed by atoms with Gasteiger partial charge in [0.15, 0.2) is 0 Å². The van der Waals surface area contributed by atoms with E-state index in [-0.39, 0.29) is 0 Å². The van der Waals surface area contributed by atoms with Crippen LogP contribution < -0.4 is 4.74 Å². The molecule has 1 amide bonds. The van der Waals surface area contributed by atoms with Crippen molar-refractivity contribution < 1.29 is 9.53 Å². The number of rotatable bonds is 3. The summed E-state index contributed by atoms with van der Waals surface area (Å²) in [5, 5.41) is 0. The Kier molecular flexibility index (Phi) is 3.45. The van der Waals surface area contributed by atoms with E-state index in [4.69, 9.17) is 4.74 Å². The fourth-order valence-corrected chi connectivity index (χ4v) is 3.86. The Hall–Kier alpha value is -1.51. The third-order valence-electron chi connectivity index (χ3n) is 5.15. The number of aryl methyl sites for hydroxylation is 1. The van der Waals surface area contributed by atoms with Gasteiger partial charge in [-0.05, 0) is 67.2 Å². The molecular formula is C17H23NO2. The quantitative estimate of drug-likeness (QED) is 0.792. The summed E-state index contributed by atoms with van der Waals surface area (Å²) in [6, 6.07) is 6.56. The number of carbonyl (C=O) groups excluding carboxylic acids is 1. The number of amides is 1. The Morgan fingerprint density at radius 1 is 1.25 bits per heavy atom. The summed E-state index contributed by atoms with van der Waals surface area (Å²) in [5.74, 6) is 1.64. The first-order valence-electron chi connectivity index (χ1n) is 7.49. The van der Waals surface area contributed by atoms with E-state index in [0.29, 0.717) is 11.3 Å². The van der Waals surface area contributed by atoms with Gasteiger partial charge in [0.25, 0.3) is 0 Å². The zero-order chi connectivity index (χ0) is 14.2. The standard InChI is InChI=1S/C17H23NO2/c1-13-7-14(9-16(8-13)20-2)15-10-17(11-15)3-5-18(12-19)6-4-17/h7-9,12,15H,3-6,10-11H2,1-2H3. The molecule has 3 nitrogen and oxygen atoms in total. The maximum absolute atomic E-state index is 10.8. The van der Waals surface area contributed by atoms with Gasteiger partial charge in [-0.2, -0.15) is 0 Å². The number of benzene rings is 1. The van der Waals surface area contributed by atoms with E-state index in [1.54, 1.807) is 7.11 Å². The van der Waals surface area contributed by atoms with Crippen LogP contribution in [0.3, 0.4) is 0 Å². The summed E-state index contributed by atoms with van der Waals surface area (Å²) in [5.41, 5.74) is 3.20. The van der Waals surface area contributed by atoms with E-state index >= 15 is 0 Å². The predicted octanol–water partition coefficient (Wildman–Crippen LogP) is 3.12. The SMILES string of the molecule is COc1cc(C)cc(C2CC3(CCN(C=O)CC3)C2)c1. The molecule has 0 radical (unpaired) electrons. The van der Waals surface area contributed by atoms with Crippen molar-refractivity contribution in [3.8, 4) is 5.75 Å². The number of likely N-dealkylation sites (tertiary alicyclic amines) is 1. The van der Waals surface area contributed by atoms with Crippen molar-refractivity contribution >= 4 is 6.41 Å². The molecule has 1 spiro atoms. The van der Waals surface area contributed by atoms with Gasteiger partial charge in [-0.1, -0.05) is 6.07 Å². The number of piperidine rings is 1. The van der Waals surface area contributed by atoms with Crippen molar-refractivity contribution in [1.29, 1.82) is 0 Å². The van der Waals surface area contributed by atoms with Crippen LogP contribution >= 0.6 is 0 Å². The van der Waals surface area contributed by atoms with Crippen molar-refractivity contribution in [2.45, 2.75) is 38.5 Å². The number of ether oxygens (including phenoxy) is 1. The molecule has 0 atom stereocenters. The summed E-state index contributed by atoms with van der Waals surface area (Å²) < 4.78 is 5.37. The maximum Gasteiger partial charge on any atom is 0.209 e. The van der Waals surface area contributed by atoms with Gasteiger partial charge in [0.1, 0.15) is 5.75 Å². The van der Waals surface area contributed by atoms with Gasteiger partial charge in [-0.25, -0.2) is 0 Å². The summed E-state index contributed by atoms with van der Waals surface area (Å²) in [6.45, 7) is 4.00. The highest BCUT2D eigenvalue weighted by Crippen LogP contribution is 2.56. The molecule has 1 saturated heterocycles. The molecule has 20 heavy (non-hydrogen) atoms. The van der Waals surface area contributed by atoms with Gasteiger partial charge in [-0.3, -0.25) is 4.79 Å². The minimum atomic E-state index is 0.501. The van der Waals surface area contributed by atoms with Gasteiger partial charge < -0.3 is 9.64 Å². The van der Waals surface area contributed by atoms with Crippen LogP contribution in [0.1, 0.15) is 42.7 Å². The molecule has 0 unspecified atom stereocenters. The fraction of sp³-hybridized carbons (Fsp3) is 0.588. The van der Waals surface area contributed by atoms with E-state index in [9.17, 15) is 4.79 Å². The van der Waals surface area contributed by atoms with E-state index in [1.165, 1.54) is 36.8 Å². The number of hydrogen-bond donors (Lipinski definition) is 0. The zero-order valence-electron chi connectivity index (χ0n) is 12.4. The largest absolute Gasteiger partial charge is 0.497 e. The molecule has 3 heteroatoms. The van der Waals surface area contributed by atoms with E-state index in [2.05, 4.69) is 25.1 Å². The average Bonchev–Trinajstić information content (AvgIpc) is 2.44. The minimum Gasteiger partial charge on any atom is -0.497 e. The molecule has 3 rings (SSSR count). The summed E-state index contributed by atoms with van der Waals surface area (Å²) in [7, 11) is 1.73. The van der Waals surface area contributed by atoms with Crippen LogP contribution in [0.25, 0.3) is 0 Å². The Bertz CT molecular complexity index is 496. The van der Waals surface area contributed by atoms with Crippen molar-refractivity contribution in [1.82, 2.24) is 4.90 Å². The number of methoxy groups -OCH3 is 1. The Labute approximate surface area is 120 Å². The van der Waals surface area contributed by atoms with Crippen LogP contribution in [0, 0.1) is 12.3 Å². The first-order chi connectivity index (χ1) is 9.64. The Morgan fingerprint density at radius 3 is 2.55 bits per heavy atom. The van der Waals surface area contributed by atoms with Gasteiger partial charge >= 0.3 is 0 Å². The molecule has 0 N–H and O–H groups in total. The second-order valence-corrected chi connectivity index (χ2v) is 6.53. The lowest BCUT2D eigenvalue weighted by Gasteiger charge is -2.52. The van der Waals surface area contributed by atoms with Crippen LogP contribution in [0.2, 0.25) is 0 Å². The molecule has 1 aliphatic carbocycles. The van der Waals surface area contributed by atoms with Crippen LogP contribution in [-0.2, 0) is 4.79 Å². The first-order valence-corrected chi connectivity index (χ1v) is 7.49. The van der Waals surface area contributed by atoms with Crippen molar-refractivity contribution in [3.63, 3.8) is 0 Å². The van der Waals surface area contributed by atoms with Crippen LogP contribution in [-0.4, -0.2) is 31.5 Å². The molecule has 2 aliphatic rings. The highest BCUT2D eigenvalue weighted by atomic mass is 16.5. The summed E-state index contributed by atoms with van der Waals surface area (Å²) in [4.78, 5) is 12.7. The number of carbonyl (C=O) groups is 1. The van der Waals surface area contributed by atoms with E-state index in [0.717, 1.165) is 25.2 Å². The molecule has 2 fully saturated rings. The highest BCUT2D eigenvalue weighted by Gasteiger charge is 2.46. The smallest absolute Gasteiger partial charge is 0.209 e. The second-order valence-electron chi connectivity index (χ2n) is 6.53. The van der Waals surface area contributed by atoms with Crippen LogP contribution in [0.4, 0.5) is 0 Å². The molecule has 108 valence electrons. The van der Waals surface area contributed by atoms with Crippen LogP contribution in [0.15, 0.2) is 18.2 Å². The van der Waals surface area contributed by atoms with E-state index in [1.807, 2.05) is 4.90 Å². The molecule has 1 aromatic rings. The second kappa shape index (κ2) is 5.12. The van der Waals surface area contributed by atoms with Crippen molar-refractivity contribution in [3.05, 3.63) is 29.3 Å². The third-order valence-corrected chi connectivity index (χ3v) is 5.15. The molecule has 1 saturated carbocycles. The topological polar surface area (TPSA) is 29.5 Å². The normalized spacial score (nSPS) is 21.6. The van der Waals surface area contributed by atoms with Gasteiger partial charge in [-0.15, -0.1) is 0 Å². The van der Waals surface area contributed by atoms with Gasteiger partial charge in [0.2, 0.25) is 6.41 Å². The first kappa shape index (κ1) is 13.5. The fourth-order valence-electron chi connectivity index (χ4n) is 3.86. The third kappa shape index (κ3) is 2.41. The molecule has 1 aromatic carbocycles. The monoisotopic (exact) mass is 273 g/mol. The molecule has 1 heterocycles. The zero-order valence-corrected chi connectivity index (χ0v) is 12.4. The van der Waals surface area contributed by atoms with Gasteiger partial charge in [0.05, 0.1) is 7.11 Å². The lowest BCUT2D eigenvalue weighted by Crippen LogP contribution is -2.45. The minimum absolute atomic E-state index is 0.501. The number of hydrogen-bond acceptors (Lipinski definition) is 2. The maximum atomic E-state index is 10.8. The summed E-state index contributed by atoms with van der Waals surface area (Å²) >= 11 is 0. The number of nitrogens with zero attached hydrogens (tertiary/aromatic N) is 1. The van der Waals surface area contributed by atoms with Gasteiger partial charge in [0, 0.05) is 13.1 Å². The highest BCUT2D eigenvalue weighted by molar-refractivity contribution is 5.47. The molecule has 0 aromatic heterocycles. The Morgan fingerprint density at radius 2 is 1.95 bits per heavy atom. The lowest BCUT2D eigenvalue weighted by molar-refractivity contribution is -0.121. The Balaban J connectivity index is 1.65. The molecule has 0 bridgehead atoms. The molecular weight excluding hydrogens is 250 g/mol. The lowest BCUT2D eigenvalue weighted by atomic mass is 9.56. The molecule has 1 aliphatic heterocycles. The van der Waals surface area contributed by atoms with E-state index < -0.39 is 0 Å². The average molecular weight is 273 g/mol. The predicted molar refractivity (Wildman–Crippen MR) is 79.0 cm³/mol. The van der Waals surface area contributed by atoms with Crippen molar-refractivity contribution in [2.75, 3.05) is 20.2 Å². The van der Waals surface area contributed by atoms with Crippen molar-refractivity contribution in [2.24, 2.45) is 5.41 Å². The summed E-state index contributed by atoms with van der Waals surface area (Å²) in [6.07, 6.45) is 5.88. The van der Waals surface area contributed by atoms with Crippen LogP contribution in [0.5, 0.6) is 5.75 Å².